The zero-order valence-corrected chi connectivity index (χ0v) is 14.3. The van der Waals surface area contributed by atoms with Gasteiger partial charge in [0.25, 0.3) is 0 Å². The third-order valence-corrected chi connectivity index (χ3v) is 3.19. The van der Waals surface area contributed by atoms with Crippen molar-refractivity contribution in [3.05, 3.63) is 24.0 Å². The smallest absolute Gasteiger partial charge is 0.339 e. The first-order valence-corrected chi connectivity index (χ1v) is 7.74. The number of carbonyl (C=O) groups excluding carboxylic acids is 1. The Morgan fingerprint density at radius 2 is 2.14 bits per heavy atom. The highest BCUT2D eigenvalue weighted by atomic mass is 16.6. The van der Waals surface area contributed by atoms with Crippen LogP contribution in [0.25, 0.3) is 0 Å². The monoisotopic (exact) mass is 311 g/mol. The van der Waals surface area contributed by atoms with Crippen LogP contribution >= 0.6 is 0 Å². The Kier molecular flexibility index (Phi) is 7.10. The van der Waals surface area contributed by atoms with Gasteiger partial charge in [-0.25, -0.2) is 4.79 Å². The topological polar surface area (TPSA) is 59.0 Å². The lowest BCUT2D eigenvalue weighted by atomic mass is 9.96. The molecule has 22 heavy (non-hydrogen) atoms. The Labute approximate surface area is 133 Å². The average Bonchev–Trinajstić information content (AvgIpc) is 2.41. The molecule has 2 unspecified atom stereocenters. The van der Waals surface area contributed by atoms with Gasteiger partial charge < -0.3 is 19.5 Å². The molecular weight excluding hydrogens is 282 g/mol. The van der Waals surface area contributed by atoms with Crippen molar-refractivity contribution in [2.45, 2.75) is 45.3 Å². The molecule has 126 valence electrons. The molecule has 0 saturated carbocycles. The third-order valence-electron chi connectivity index (χ3n) is 3.19. The van der Waals surface area contributed by atoms with E-state index in [1.165, 1.54) is 0 Å². The zero-order chi connectivity index (χ0) is 16.8. The Balaban J connectivity index is 2.32. The number of aliphatic hydroxyl groups excluding tert-OH is 1. The maximum absolute atomic E-state index is 11.6. The second-order valence-electron chi connectivity index (χ2n) is 6.91. The maximum atomic E-state index is 11.6. The predicted octanol–water partition coefficient (Wildman–Crippen LogP) is 2.12. The van der Waals surface area contributed by atoms with Crippen molar-refractivity contribution >= 4 is 5.97 Å². The number of aliphatic hydroxyl groups is 1. The fourth-order valence-electron chi connectivity index (χ4n) is 2.00. The zero-order valence-electron chi connectivity index (χ0n) is 14.3. The fraction of sp³-hybridized carbons (Fsp3) is 0.706. The lowest BCUT2D eigenvalue weighted by Crippen LogP contribution is -2.34. The highest BCUT2D eigenvalue weighted by Crippen LogP contribution is 2.20. The minimum atomic E-state index is -1.26. The molecule has 1 aliphatic rings. The normalized spacial score (nSPS) is 19.8. The van der Waals surface area contributed by atoms with Gasteiger partial charge in [-0.05, 0) is 72.3 Å². The van der Waals surface area contributed by atoms with E-state index in [4.69, 9.17) is 9.47 Å². The first kappa shape index (κ1) is 18.7. The minimum Gasteiger partial charge on any atom is -0.491 e. The van der Waals surface area contributed by atoms with Crippen molar-refractivity contribution in [2.24, 2.45) is 5.92 Å². The quantitative estimate of drug-likeness (QED) is 0.730. The van der Waals surface area contributed by atoms with Gasteiger partial charge in [-0.1, -0.05) is 6.08 Å². The summed E-state index contributed by atoms with van der Waals surface area (Å²) in [6.07, 6.45) is 6.79. The van der Waals surface area contributed by atoms with Gasteiger partial charge in [0.1, 0.15) is 18.0 Å². The van der Waals surface area contributed by atoms with E-state index >= 15 is 0 Å². The van der Waals surface area contributed by atoms with Crippen LogP contribution in [-0.2, 0) is 14.3 Å². The predicted molar refractivity (Wildman–Crippen MR) is 86.3 cm³/mol. The maximum Gasteiger partial charge on any atom is 0.339 e. The summed E-state index contributed by atoms with van der Waals surface area (Å²) < 4.78 is 10.6. The molecule has 0 aliphatic heterocycles. The van der Waals surface area contributed by atoms with Gasteiger partial charge in [0.15, 0.2) is 6.10 Å². The summed E-state index contributed by atoms with van der Waals surface area (Å²) in [6.45, 7) is 6.25. The highest BCUT2D eigenvalue weighted by molar-refractivity contribution is 5.74. The fourth-order valence-corrected chi connectivity index (χ4v) is 2.00. The molecule has 0 heterocycles. The van der Waals surface area contributed by atoms with E-state index in [0.717, 1.165) is 19.4 Å². The summed E-state index contributed by atoms with van der Waals surface area (Å²) in [5.74, 6) is 0.561. The van der Waals surface area contributed by atoms with Crippen molar-refractivity contribution in [1.29, 1.82) is 0 Å². The number of nitrogens with zero attached hydrogens (tertiary/aromatic N) is 1. The minimum absolute atomic E-state index is 0.0898. The van der Waals surface area contributed by atoms with E-state index in [1.54, 1.807) is 20.8 Å². The summed E-state index contributed by atoms with van der Waals surface area (Å²) in [6, 6.07) is 0. The number of allylic oxidation sites excluding steroid dienone is 3. The second kappa shape index (κ2) is 8.34. The molecule has 0 fully saturated rings. The van der Waals surface area contributed by atoms with Gasteiger partial charge in [-0.15, -0.1) is 0 Å². The number of esters is 1. The van der Waals surface area contributed by atoms with Crippen LogP contribution in [0.3, 0.4) is 0 Å². The molecule has 0 aromatic heterocycles. The molecule has 0 saturated heterocycles. The van der Waals surface area contributed by atoms with Crippen LogP contribution in [0.2, 0.25) is 0 Å². The van der Waals surface area contributed by atoms with Crippen LogP contribution in [0, 0.1) is 5.92 Å². The third kappa shape index (κ3) is 7.61. The SMILES string of the molecule is CN(C)CCC1C=CC(OCC(O)C(=O)OC(C)(C)C)=CC1. The van der Waals surface area contributed by atoms with Crippen molar-refractivity contribution in [1.82, 2.24) is 4.90 Å². The number of rotatable bonds is 7. The van der Waals surface area contributed by atoms with E-state index in [1.807, 2.05) is 12.2 Å². The lowest BCUT2D eigenvalue weighted by Gasteiger charge is -2.22. The summed E-state index contributed by atoms with van der Waals surface area (Å²) in [7, 11) is 4.13. The number of ether oxygens (including phenoxy) is 2. The molecule has 1 N–H and O–H groups in total. The van der Waals surface area contributed by atoms with Gasteiger partial charge in [0.05, 0.1) is 0 Å². The molecule has 2 atom stereocenters. The summed E-state index contributed by atoms with van der Waals surface area (Å²) in [4.78, 5) is 13.8. The molecule has 0 aromatic rings. The van der Waals surface area contributed by atoms with Crippen molar-refractivity contribution in [2.75, 3.05) is 27.2 Å². The Hall–Kier alpha value is -1.33. The number of hydrogen-bond acceptors (Lipinski definition) is 5. The number of hydrogen-bond donors (Lipinski definition) is 1. The van der Waals surface area contributed by atoms with Gasteiger partial charge in [0.2, 0.25) is 0 Å². The number of carbonyl (C=O) groups is 1. The van der Waals surface area contributed by atoms with Crippen LogP contribution in [0.4, 0.5) is 0 Å². The standard InChI is InChI=1S/C17H29NO4/c1-17(2,3)22-16(20)15(19)12-21-14-8-6-13(7-9-14)10-11-18(4)5/h6,8-9,13,15,19H,7,10-12H2,1-5H3. The van der Waals surface area contributed by atoms with Crippen LogP contribution in [0.5, 0.6) is 0 Å². The molecule has 1 aliphatic carbocycles. The van der Waals surface area contributed by atoms with E-state index in [2.05, 4.69) is 25.1 Å². The summed E-state index contributed by atoms with van der Waals surface area (Å²) >= 11 is 0. The van der Waals surface area contributed by atoms with Crippen LogP contribution in [0.1, 0.15) is 33.6 Å². The van der Waals surface area contributed by atoms with Gasteiger partial charge in [-0.2, -0.15) is 0 Å². The Bertz CT molecular complexity index is 421. The first-order chi connectivity index (χ1) is 10.2. The molecule has 0 spiro atoms. The summed E-state index contributed by atoms with van der Waals surface area (Å²) in [5, 5.41) is 9.75. The Morgan fingerprint density at radius 3 is 2.64 bits per heavy atom. The average molecular weight is 311 g/mol. The molecule has 0 amide bonds. The van der Waals surface area contributed by atoms with E-state index < -0.39 is 17.7 Å². The van der Waals surface area contributed by atoms with Gasteiger partial charge >= 0.3 is 5.97 Å². The highest BCUT2D eigenvalue weighted by Gasteiger charge is 2.24. The molecular formula is C17H29NO4. The van der Waals surface area contributed by atoms with Gasteiger partial charge in [-0.3, -0.25) is 0 Å². The molecule has 1 rings (SSSR count). The molecule has 0 aromatic carbocycles. The summed E-state index contributed by atoms with van der Waals surface area (Å²) in [5.41, 5.74) is -0.609. The molecule has 5 heteroatoms. The van der Waals surface area contributed by atoms with Gasteiger partial charge in [0, 0.05) is 0 Å². The molecule has 0 radical (unpaired) electrons. The Morgan fingerprint density at radius 1 is 1.45 bits per heavy atom. The van der Waals surface area contributed by atoms with Crippen molar-refractivity contribution in [3.8, 4) is 0 Å². The second-order valence-corrected chi connectivity index (χ2v) is 6.91. The van der Waals surface area contributed by atoms with Crippen LogP contribution < -0.4 is 0 Å². The van der Waals surface area contributed by atoms with Crippen molar-refractivity contribution in [3.63, 3.8) is 0 Å². The largest absolute Gasteiger partial charge is 0.491 e. The first-order valence-electron chi connectivity index (χ1n) is 7.74. The lowest BCUT2D eigenvalue weighted by molar-refractivity contribution is -0.167. The van der Waals surface area contributed by atoms with E-state index in [0.29, 0.717) is 11.7 Å². The molecule has 0 bridgehead atoms. The van der Waals surface area contributed by atoms with E-state index in [-0.39, 0.29) is 6.61 Å². The van der Waals surface area contributed by atoms with Crippen LogP contribution in [0.15, 0.2) is 24.0 Å². The molecule has 5 nitrogen and oxygen atoms in total. The van der Waals surface area contributed by atoms with Crippen molar-refractivity contribution < 1.29 is 19.4 Å². The van der Waals surface area contributed by atoms with E-state index in [9.17, 15) is 9.90 Å². The van der Waals surface area contributed by atoms with Crippen LogP contribution in [-0.4, -0.2) is 54.9 Å².